The summed E-state index contributed by atoms with van der Waals surface area (Å²) in [6.07, 6.45) is 0.658. The summed E-state index contributed by atoms with van der Waals surface area (Å²) < 4.78 is 0. The fraction of sp³-hybridized carbons (Fsp3) is 0.111. The summed E-state index contributed by atoms with van der Waals surface area (Å²) >= 11 is 0. The smallest absolute Gasteiger partial charge is 0.336 e. The van der Waals surface area contributed by atoms with E-state index in [-0.39, 0.29) is 12.1 Å². The Morgan fingerprint density at radius 2 is 2.23 bits per heavy atom. The van der Waals surface area contributed by atoms with Crippen molar-refractivity contribution in [2.45, 2.75) is 6.54 Å². The number of carboxylic acid groups (broad SMARTS) is 1. The van der Waals surface area contributed by atoms with Crippen LogP contribution in [0.5, 0.6) is 0 Å². The predicted molar refractivity (Wildman–Crippen MR) is 46.7 cm³/mol. The third-order valence-electron chi connectivity index (χ3n) is 1.72. The summed E-state index contributed by atoms with van der Waals surface area (Å²) in [6.45, 7) is 0.114. The molecule has 68 valence electrons. The highest BCUT2D eigenvalue weighted by atomic mass is 16.4. The van der Waals surface area contributed by atoms with Gasteiger partial charge in [-0.05, 0) is 17.7 Å². The minimum Gasteiger partial charge on any atom is -0.478 e. The highest BCUT2D eigenvalue weighted by Gasteiger charge is 2.08. The molecule has 4 nitrogen and oxygen atoms in total. The zero-order chi connectivity index (χ0) is 9.84. The van der Waals surface area contributed by atoms with Crippen LogP contribution in [0.2, 0.25) is 0 Å². The molecule has 0 aliphatic rings. The average molecular weight is 179 g/mol. The number of hydrogen-bond acceptors (Lipinski definition) is 3. The molecule has 0 heterocycles. The number of carboxylic acids is 1. The van der Waals surface area contributed by atoms with Gasteiger partial charge in [0.25, 0.3) is 0 Å². The third-order valence-corrected chi connectivity index (χ3v) is 1.72. The number of nitrogens with two attached hydrogens (primary N) is 1. The molecule has 1 aromatic carbocycles. The maximum atomic E-state index is 10.6. The Labute approximate surface area is 75.0 Å². The molecule has 0 saturated carbocycles. The summed E-state index contributed by atoms with van der Waals surface area (Å²) in [5, 5.41) is 8.72. The van der Waals surface area contributed by atoms with E-state index in [2.05, 4.69) is 0 Å². The number of aldehydes is 1. The Morgan fingerprint density at radius 1 is 1.54 bits per heavy atom. The highest BCUT2D eigenvalue weighted by Crippen LogP contribution is 2.10. The van der Waals surface area contributed by atoms with Crippen molar-refractivity contribution in [3.63, 3.8) is 0 Å². The van der Waals surface area contributed by atoms with E-state index < -0.39 is 5.97 Å². The summed E-state index contributed by atoms with van der Waals surface area (Å²) in [5.74, 6) is -1.03. The monoisotopic (exact) mass is 179 g/mol. The van der Waals surface area contributed by atoms with Gasteiger partial charge in [0, 0.05) is 12.1 Å². The molecule has 0 radical (unpaired) electrons. The van der Waals surface area contributed by atoms with Gasteiger partial charge in [0.1, 0.15) is 6.29 Å². The first-order chi connectivity index (χ1) is 6.19. The maximum Gasteiger partial charge on any atom is 0.336 e. The van der Waals surface area contributed by atoms with Crippen LogP contribution in [-0.2, 0) is 6.54 Å². The van der Waals surface area contributed by atoms with Crippen LogP contribution in [0.3, 0.4) is 0 Å². The second-order valence-corrected chi connectivity index (χ2v) is 2.54. The Hall–Kier alpha value is -1.68. The number of carbonyl (C=O) groups excluding carboxylic acids is 1. The average Bonchev–Trinajstić information content (AvgIpc) is 2.16. The number of carbonyl (C=O) groups is 2. The fourth-order valence-electron chi connectivity index (χ4n) is 1.06. The van der Waals surface area contributed by atoms with Gasteiger partial charge in [-0.3, -0.25) is 4.79 Å². The van der Waals surface area contributed by atoms with Crippen LogP contribution < -0.4 is 5.73 Å². The Balaban J connectivity index is 3.23. The van der Waals surface area contributed by atoms with E-state index in [1.165, 1.54) is 18.2 Å². The summed E-state index contributed by atoms with van der Waals surface area (Å²) in [5.41, 5.74) is 6.38. The minimum absolute atomic E-state index is 0.114. The van der Waals surface area contributed by atoms with E-state index in [0.717, 1.165) is 0 Å². The van der Waals surface area contributed by atoms with Crippen LogP contribution >= 0.6 is 0 Å². The Kier molecular flexibility index (Phi) is 2.76. The van der Waals surface area contributed by atoms with E-state index in [1.807, 2.05) is 0 Å². The first kappa shape index (κ1) is 9.41. The molecule has 0 saturated heterocycles. The van der Waals surface area contributed by atoms with Gasteiger partial charge in [-0.15, -0.1) is 0 Å². The molecule has 0 aliphatic heterocycles. The highest BCUT2D eigenvalue weighted by molar-refractivity contribution is 5.90. The predicted octanol–water partition coefficient (Wildman–Crippen LogP) is 0.656. The molecular formula is C9H9NO3. The van der Waals surface area contributed by atoms with Crippen LogP contribution in [0.1, 0.15) is 26.3 Å². The quantitative estimate of drug-likeness (QED) is 0.668. The van der Waals surface area contributed by atoms with Gasteiger partial charge >= 0.3 is 5.97 Å². The first-order valence-electron chi connectivity index (χ1n) is 3.70. The minimum atomic E-state index is -1.03. The van der Waals surface area contributed by atoms with Gasteiger partial charge < -0.3 is 10.8 Å². The number of rotatable bonds is 3. The molecule has 1 aromatic rings. The maximum absolute atomic E-state index is 10.6. The molecule has 0 bridgehead atoms. The van der Waals surface area contributed by atoms with Crippen molar-refractivity contribution in [3.05, 3.63) is 34.9 Å². The Morgan fingerprint density at radius 3 is 2.69 bits per heavy atom. The second kappa shape index (κ2) is 3.82. The van der Waals surface area contributed by atoms with Crippen molar-refractivity contribution in [1.82, 2.24) is 0 Å². The molecule has 0 unspecified atom stereocenters. The topological polar surface area (TPSA) is 80.4 Å². The lowest BCUT2D eigenvalue weighted by atomic mass is 10.0. The van der Waals surface area contributed by atoms with Crippen LogP contribution in [0, 0.1) is 0 Å². The summed E-state index contributed by atoms with van der Waals surface area (Å²) in [7, 11) is 0. The molecule has 0 fully saturated rings. The fourth-order valence-corrected chi connectivity index (χ4v) is 1.06. The van der Waals surface area contributed by atoms with Gasteiger partial charge in [0.15, 0.2) is 0 Å². The zero-order valence-electron chi connectivity index (χ0n) is 6.86. The van der Waals surface area contributed by atoms with Crippen molar-refractivity contribution < 1.29 is 14.7 Å². The second-order valence-electron chi connectivity index (χ2n) is 2.54. The molecule has 13 heavy (non-hydrogen) atoms. The van der Waals surface area contributed by atoms with E-state index in [0.29, 0.717) is 17.4 Å². The van der Waals surface area contributed by atoms with Gasteiger partial charge in [0.2, 0.25) is 0 Å². The largest absolute Gasteiger partial charge is 0.478 e. The van der Waals surface area contributed by atoms with Crippen LogP contribution in [0.15, 0.2) is 18.2 Å². The van der Waals surface area contributed by atoms with Crippen molar-refractivity contribution in [3.8, 4) is 0 Å². The standard InChI is InChI=1S/C9H9NO3/c10-4-7-3-6(5-11)1-2-8(7)9(12)13/h1-3,5H,4,10H2,(H,12,13). The van der Waals surface area contributed by atoms with Gasteiger partial charge in [0.05, 0.1) is 5.56 Å². The van der Waals surface area contributed by atoms with Crippen molar-refractivity contribution in [2.24, 2.45) is 5.73 Å². The first-order valence-corrected chi connectivity index (χ1v) is 3.70. The zero-order valence-corrected chi connectivity index (χ0v) is 6.86. The van der Waals surface area contributed by atoms with Gasteiger partial charge in [-0.25, -0.2) is 4.79 Å². The molecule has 0 atom stereocenters. The van der Waals surface area contributed by atoms with E-state index in [9.17, 15) is 9.59 Å². The molecule has 4 heteroatoms. The molecular weight excluding hydrogens is 170 g/mol. The lowest BCUT2D eigenvalue weighted by molar-refractivity contribution is 0.0695. The summed E-state index contributed by atoms with van der Waals surface area (Å²) in [4.78, 5) is 21.0. The number of benzene rings is 1. The van der Waals surface area contributed by atoms with Crippen LogP contribution in [0.25, 0.3) is 0 Å². The number of aromatic carboxylic acids is 1. The molecule has 0 aromatic heterocycles. The molecule has 0 spiro atoms. The Bertz CT molecular complexity index is 347. The molecule has 3 N–H and O–H groups in total. The third kappa shape index (κ3) is 1.91. The van der Waals surface area contributed by atoms with Crippen LogP contribution in [-0.4, -0.2) is 17.4 Å². The van der Waals surface area contributed by atoms with Gasteiger partial charge in [-0.2, -0.15) is 0 Å². The summed E-state index contributed by atoms with van der Waals surface area (Å²) in [6, 6.07) is 4.32. The normalized spacial score (nSPS) is 9.62. The van der Waals surface area contributed by atoms with Gasteiger partial charge in [-0.1, -0.05) is 6.07 Å². The molecule has 0 amide bonds. The molecule has 0 aliphatic carbocycles. The van der Waals surface area contributed by atoms with E-state index >= 15 is 0 Å². The SMILES string of the molecule is NCc1cc(C=O)ccc1C(=O)O. The van der Waals surface area contributed by atoms with Crippen LogP contribution in [0.4, 0.5) is 0 Å². The van der Waals surface area contributed by atoms with Crippen molar-refractivity contribution in [2.75, 3.05) is 0 Å². The van der Waals surface area contributed by atoms with Crippen molar-refractivity contribution in [1.29, 1.82) is 0 Å². The lowest BCUT2D eigenvalue weighted by Crippen LogP contribution is -2.07. The molecule has 1 rings (SSSR count). The van der Waals surface area contributed by atoms with E-state index in [1.54, 1.807) is 0 Å². The lowest BCUT2D eigenvalue weighted by Gasteiger charge is -2.02. The number of hydrogen-bond donors (Lipinski definition) is 2. The van der Waals surface area contributed by atoms with Crippen molar-refractivity contribution >= 4 is 12.3 Å². The van der Waals surface area contributed by atoms with E-state index in [4.69, 9.17) is 10.8 Å².